The molecule has 1 rings (SSSR count). The standard InChI is InChI=1S/C14H20N2O4/c1-10-6-11(4-5-12(10)20-3)8-16(2)9-13(17)15-7-14(18)19/h4-6H,7-9H2,1-3H3,(H,15,17)(H,18,19). The number of carboxylic acid groups (broad SMARTS) is 1. The number of carbonyl (C=O) groups excluding carboxylic acids is 1. The minimum atomic E-state index is -1.05. The molecule has 6 nitrogen and oxygen atoms in total. The van der Waals surface area contributed by atoms with Crippen LogP contribution < -0.4 is 10.1 Å². The first-order valence-corrected chi connectivity index (χ1v) is 6.23. The van der Waals surface area contributed by atoms with E-state index in [1.807, 2.05) is 30.0 Å². The Morgan fingerprint density at radius 3 is 2.65 bits per heavy atom. The second-order valence-electron chi connectivity index (χ2n) is 4.65. The van der Waals surface area contributed by atoms with E-state index in [4.69, 9.17) is 9.84 Å². The molecule has 0 spiro atoms. The number of amides is 1. The van der Waals surface area contributed by atoms with E-state index < -0.39 is 5.97 Å². The predicted octanol–water partition coefficient (Wildman–Crippen LogP) is 0.636. The number of aryl methyl sites for hydroxylation is 1. The Morgan fingerprint density at radius 2 is 2.10 bits per heavy atom. The van der Waals surface area contributed by atoms with Gasteiger partial charge in [-0.15, -0.1) is 0 Å². The van der Waals surface area contributed by atoms with Gasteiger partial charge in [0.1, 0.15) is 12.3 Å². The molecule has 1 aromatic rings. The van der Waals surface area contributed by atoms with Gasteiger partial charge >= 0.3 is 5.97 Å². The summed E-state index contributed by atoms with van der Waals surface area (Å²) in [4.78, 5) is 23.6. The zero-order valence-electron chi connectivity index (χ0n) is 12.0. The van der Waals surface area contributed by atoms with Crippen molar-refractivity contribution in [1.29, 1.82) is 0 Å². The molecule has 0 saturated heterocycles. The van der Waals surface area contributed by atoms with Crippen molar-refractivity contribution in [2.45, 2.75) is 13.5 Å². The molecule has 0 aliphatic rings. The first-order chi connectivity index (χ1) is 9.42. The van der Waals surface area contributed by atoms with Crippen LogP contribution in [0.2, 0.25) is 0 Å². The van der Waals surface area contributed by atoms with Gasteiger partial charge in [-0.1, -0.05) is 12.1 Å². The molecule has 0 saturated carbocycles. The van der Waals surface area contributed by atoms with Crippen LogP contribution in [-0.2, 0) is 16.1 Å². The number of ether oxygens (including phenoxy) is 1. The highest BCUT2D eigenvalue weighted by Crippen LogP contribution is 2.19. The van der Waals surface area contributed by atoms with Gasteiger partial charge in [-0.3, -0.25) is 14.5 Å². The summed E-state index contributed by atoms with van der Waals surface area (Å²) in [5, 5.41) is 10.8. The molecule has 0 unspecified atom stereocenters. The van der Waals surface area contributed by atoms with Gasteiger partial charge in [0, 0.05) is 6.54 Å². The van der Waals surface area contributed by atoms with E-state index in [0.717, 1.165) is 16.9 Å². The van der Waals surface area contributed by atoms with E-state index in [9.17, 15) is 9.59 Å². The number of benzene rings is 1. The van der Waals surface area contributed by atoms with E-state index in [0.29, 0.717) is 6.54 Å². The zero-order chi connectivity index (χ0) is 15.1. The van der Waals surface area contributed by atoms with Gasteiger partial charge in [0.15, 0.2) is 0 Å². The van der Waals surface area contributed by atoms with Crippen LogP contribution in [-0.4, -0.2) is 49.1 Å². The number of carboxylic acids is 1. The maximum absolute atomic E-state index is 11.5. The first-order valence-electron chi connectivity index (χ1n) is 6.23. The number of nitrogens with zero attached hydrogens (tertiary/aromatic N) is 1. The van der Waals surface area contributed by atoms with Crippen LogP contribution in [0.15, 0.2) is 18.2 Å². The lowest BCUT2D eigenvalue weighted by Crippen LogP contribution is -2.37. The smallest absolute Gasteiger partial charge is 0.322 e. The van der Waals surface area contributed by atoms with E-state index in [-0.39, 0.29) is 19.0 Å². The monoisotopic (exact) mass is 280 g/mol. The molecule has 6 heteroatoms. The number of hydrogen-bond donors (Lipinski definition) is 2. The minimum Gasteiger partial charge on any atom is -0.496 e. The average Bonchev–Trinajstić information content (AvgIpc) is 2.36. The molecule has 0 bridgehead atoms. The van der Waals surface area contributed by atoms with Gasteiger partial charge in [-0.05, 0) is 31.2 Å². The van der Waals surface area contributed by atoms with Crippen molar-refractivity contribution < 1.29 is 19.4 Å². The molecule has 0 radical (unpaired) electrons. The van der Waals surface area contributed by atoms with Gasteiger partial charge < -0.3 is 15.2 Å². The second-order valence-corrected chi connectivity index (χ2v) is 4.65. The van der Waals surface area contributed by atoms with Crippen LogP contribution in [0.1, 0.15) is 11.1 Å². The molecule has 0 fully saturated rings. The number of carbonyl (C=O) groups is 2. The summed E-state index contributed by atoms with van der Waals surface area (Å²) in [6, 6.07) is 5.84. The zero-order valence-corrected chi connectivity index (χ0v) is 12.0. The van der Waals surface area contributed by atoms with E-state index in [1.54, 1.807) is 14.2 Å². The molecule has 0 aromatic heterocycles. The number of rotatable bonds is 7. The van der Waals surface area contributed by atoms with Crippen LogP contribution in [0.3, 0.4) is 0 Å². The molecule has 0 aliphatic heterocycles. The van der Waals surface area contributed by atoms with Crippen molar-refractivity contribution in [3.05, 3.63) is 29.3 Å². The summed E-state index contributed by atoms with van der Waals surface area (Å²) < 4.78 is 5.19. The molecule has 1 aromatic carbocycles. The lowest BCUT2D eigenvalue weighted by Gasteiger charge is -2.17. The summed E-state index contributed by atoms with van der Waals surface area (Å²) in [6.45, 7) is 2.36. The Labute approximate surface area is 118 Å². The Hall–Kier alpha value is -2.08. The van der Waals surface area contributed by atoms with E-state index in [2.05, 4.69) is 5.32 Å². The number of aliphatic carboxylic acids is 1. The highest BCUT2D eigenvalue weighted by Gasteiger charge is 2.09. The maximum Gasteiger partial charge on any atom is 0.322 e. The van der Waals surface area contributed by atoms with Crippen molar-refractivity contribution in [1.82, 2.24) is 10.2 Å². The third-order valence-electron chi connectivity index (χ3n) is 2.76. The van der Waals surface area contributed by atoms with E-state index >= 15 is 0 Å². The summed E-state index contributed by atoms with van der Waals surface area (Å²) >= 11 is 0. The molecular formula is C14H20N2O4. The van der Waals surface area contributed by atoms with Gasteiger partial charge in [0.2, 0.25) is 5.91 Å². The van der Waals surface area contributed by atoms with Crippen LogP contribution in [0.5, 0.6) is 5.75 Å². The molecule has 20 heavy (non-hydrogen) atoms. The van der Waals surface area contributed by atoms with E-state index in [1.165, 1.54) is 0 Å². The normalized spacial score (nSPS) is 10.4. The Balaban J connectivity index is 2.49. The molecule has 0 heterocycles. The molecule has 110 valence electrons. The van der Waals surface area contributed by atoms with Crippen molar-refractivity contribution in [3.63, 3.8) is 0 Å². The lowest BCUT2D eigenvalue weighted by molar-refractivity contribution is -0.138. The van der Waals surface area contributed by atoms with Crippen LogP contribution >= 0.6 is 0 Å². The van der Waals surface area contributed by atoms with Crippen molar-refractivity contribution in [2.24, 2.45) is 0 Å². The highest BCUT2D eigenvalue weighted by atomic mass is 16.5. The number of methoxy groups -OCH3 is 1. The van der Waals surface area contributed by atoms with Gasteiger partial charge in [-0.2, -0.15) is 0 Å². The lowest BCUT2D eigenvalue weighted by atomic mass is 10.1. The van der Waals surface area contributed by atoms with Crippen LogP contribution in [0.25, 0.3) is 0 Å². The molecular weight excluding hydrogens is 260 g/mol. The highest BCUT2D eigenvalue weighted by molar-refractivity contribution is 5.82. The largest absolute Gasteiger partial charge is 0.496 e. The van der Waals surface area contributed by atoms with Crippen LogP contribution in [0, 0.1) is 6.92 Å². The Kier molecular flexibility index (Phi) is 5.99. The quantitative estimate of drug-likeness (QED) is 0.766. The fourth-order valence-corrected chi connectivity index (χ4v) is 1.88. The Morgan fingerprint density at radius 1 is 1.40 bits per heavy atom. The average molecular weight is 280 g/mol. The fourth-order valence-electron chi connectivity index (χ4n) is 1.88. The third-order valence-corrected chi connectivity index (χ3v) is 2.76. The van der Waals surface area contributed by atoms with Gasteiger partial charge in [0.25, 0.3) is 0 Å². The minimum absolute atomic E-state index is 0.151. The third kappa shape index (κ3) is 5.27. The summed E-state index contributed by atoms with van der Waals surface area (Å²) in [5.41, 5.74) is 2.10. The Bertz CT molecular complexity index is 488. The first kappa shape index (κ1) is 16.0. The number of likely N-dealkylation sites (N-methyl/N-ethyl adjacent to an activating group) is 1. The number of nitrogens with one attached hydrogen (secondary N) is 1. The maximum atomic E-state index is 11.5. The van der Waals surface area contributed by atoms with Crippen LogP contribution in [0.4, 0.5) is 0 Å². The van der Waals surface area contributed by atoms with Crippen molar-refractivity contribution in [2.75, 3.05) is 27.2 Å². The second kappa shape index (κ2) is 7.49. The molecule has 0 atom stereocenters. The van der Waals surface area contributed by atoms with Gasteiger partial charge in [-0.25, -0.2) is 0 Å². The summed E-state index contributed by atoms with van der Waals surface area (Å²) in [6.07, 6.45) is 0. The summed E-state index contributed by atoms with van der Waals surface area (Å²) in [5.74, 6) is -0.525. The van der Waals surface area contributed by atoms with Crippen molar-refractivity contribution >= 4 is 11.9 Å². The molecule has 2 N–H and O–H groups in total. The predicted molar refractivity (Wildman–Crippen MR) is 74.7 cm³/mol. The summed E-state index contributed by atoms with van der Waals surface area (Å²) in [7, 11) is 3.43. The number of hydrogen-bond acceptors (Lipinski definition) is 4. The molecule has 0 aliphatic carbocycles. The van der Waals surface area contributed by atoms with Gasteiger partial charge in [0.05, 0.1) is 13.7 Å². The topological polar surface area (TPSA) is 78.9 Å². The van der Waals surface area contributed by atoms with Crippen molar-refractivity contribution in [3.8, 4) is 5.75 Å². The molecule has 1 amide bonds. The fraction of sp³-hybridized carbons (Fsp3) is 0.429. The SMILES string of the molecule is COc1ccc(CN(C)CC(=O)NCC(=O)O)cc1C.